The summed E-state index contributed by atoms with van der Waals surface area (Å²) in [6, 6.07) is 4.23. The lowest BCUT2D eigenvalue weighted by atomic mass is 10.00. The lowest BCUT2D eigenvalue weighted by Crippen LogP contribution is -2.26. The minimum absolute atomic E-state index is 0.842. The summed E-state index contributed by atoms with van der Waals surface area (Å²) in [6.07, 6.45) is 1.13. The number of hydrogen-bond donors (Lipinski definition) is 1. The summed E-state index contributed by atoms with van der Waals surface area (Å²) in [6.45, 7) is 2.16. The molecule has 0 aromatic heterocycles. The molecule has 1 heterocycles. The average Bonchev–Trinajstić information content (AvgIpc) is 2.08. The molecule has 0 spiro atoms. The highest BCUT2D eigenvalue weighted by atomic mass is 79.9. The van der Waals surface area contributed by atoms with Crippen molar-refractivity contribution in [2.45, 2.75) is 13.0 Å². The number of rotatable bonds is 0. The Morgan fingerprint density at radius 1 is 1.38 bits per heavy atom. The van der Waals surface area contributed by atoms with Gasteiger partial charge in [-0.2, -0.15) is 0 Å². The number of halogens is 1. The van der Waals surface area contributed by atoms with Crippen molar-refractivity contribution in [2.24, 2.45) is 0 Å². The number of nitrogens with two attached hydrogens (primary N) is 1. The van der Waals surface area contributed by atoms with Crippen molar-refractivity contribution in [2.75, 3.05) is 19.3 Å². The molecule has 2 nitrogen and oxygen atoms in total. The van der Waals surface area contributed by atoms with Gasteiger partial charge >= 0.3 is 0 Å². The van der Waals surface area contributed by atoms with E-state index in [9.17, 15) is 0 Å². The smallest absolute Gasteiger partial charge is 0.0461 e. The maximum absolute atomic E-state index is 5.82. The number of hydrogen-bond acceptors (Lipinski definition) is 2. The van der Waals surface area contributed by atoms with Gasteiger partial charge in [-0.1, -0.05) is 0 Å². The van der Waals surface area contributed by atoms with Crippen LogP contribution >= 0.6 is 15.9 Å². The van der Waals surface area contributed by atoms with Crippen molar-refractivity contribution in [1.29, 1.82) is 0 Å². The van der Waals surface area contributed by atoms with Crippen LogP contribution in [0, 0.1) is 0 Å². The van der Waals surface area contributed by atoms with E-state index < -0.39 is 0 Å². The van der Waals surface area contributed by atoms with Gasteiger partial charge in [0.1, 0.15) is 0 Å². The highest BCUT2D eigenvalue weighted by Crippen LogP contribution is 2.27. The first-order chi connectivity index (χ1) is 6.16. The van der Waals surface area contributed by atoms with Crippen molar-refractivity contribution < 1.29 is 0 Å². The third-order valence-corrected chi connectivity index (χ3v) is 3.21. The third kappa shape index (κ3) is 1.71. The summed E-state index contributed by atoms with van der Waals surface area (Å²) < 4.78 is 1.02. The molecule has 0 unspecified atom stereocenters. The van der Waals surface area contributed by atoms with Crippen LogP contribution in [0.25, 0.3) is 0 Å². The van der Waals surface area contributed by atoms with Gasteiger partial charge in [-0.25, -0.2) is 0 Å². The second kappa shape index (κ2) is 3.31. The van der Waals surface area contributed by atoms with E-state index in [-0.39, 0.29) is 0 Å². The van der Waals surface area contributed by atoms with Gasteiger partial charge in [0, 0.05) is 23.2 Å². The number of anilines is 1. The summed E-state index contributed by atoms with van der Waals surface area (Å²) in [5.74, 6) is 0. The molecule has 0 aliphatic carbocycles. The largest absolute Gasteiger partial charge is 0.398 e. The van der Waals surface area contributed by atoms with Crippen LogP contribution < -0.4 is 5.73 Å². The van der Waals surface area contributed by atoms with Crippen molar-refractivity contribution >= 4 is 21.6 Å². The molecule has 1 aliphatic rings. The first kappa shape index (κ1) is 9.03. The normalized spacial score (nSPS) is 17.1. The molecule has 0 atom stereocenters. The quantitative estimate of drug-likeness (QED) is 0.704. The van der Waals surface area contributed by atoms with Crippen molar-refractivity contribution in [3.8, 4) is 0 Å². The van der Waals surface area contributed by atoms with Gasteiger partial charge in [-0.05, 0) is 52.7 Å². The molecule has 2 rings (SSSR count). The summed E-state index contributed by atoms with van der Waals surface area (Å²) in [4.78, 5) is 2.32. The Morgan fingerprint density at radius 3 is 2.92 bits per heavy atom. The highest BCUT2D eigenvalue weighted by molar-refractivity contribution is 9.10. The Kier molecular flexibility index (Phi) is 2.30. The predicted octanol–water partition coefficient (Wildman–Crippen LogP) is 2.02. The van der Waals surface area contributed by atoms with Crippen LogP contribution in [0.2, 0.25) is 0 Å². The lowest BCUT2D eigenvalue weighted by molar-refractivity contribution is 0.313. The molecule has 1 aromatic rings. The Hall–Kier alpha value is -0.540. The monoisotopic (exact) mass is 240 g/mol. The number of likely N-dealkylation sites (N-methyl/N-ethyl adjacent to an activating group) is 1. The number of nitrogen functional groups attached to an aromatic ring is 1. The van der Waals surface area contributed by atoms with Crippen molar-refractivity contribution in [3.63, 3.8) is 0 Å². The Bertz CT molecular complexity index is 336. The first-order valence-electron chi connectivity index (χ1n) is 4.42. The molecule has 0 saturated heterocycles. The predicted molar refractivity (Wildman–Crippen MR) is 58.6 cm³/mol. The second-order valence-electron chi connectivity index (χ2n) is 3.63. The van der Waals surface area contributed by atoms with Crippen LogP contribution in [0.1, 0.15) is 11.1 Å². The molecular weight excluding hydrogens is 228 g/mol. The molecule has 1 aliphatic heterocycles. The fraction of sp³-hybridized carbons (Fsp3) is 0.400. The fourth-order valence-electron chi connectivity index (χ4n) is 1.74. The minimum Gasteiger partial charge on any atom is -0.398 e. The van der Waals surface area contributed by atoms with Crippen LogP contribution in [0.15, 0.2) is 16.6 Å². The maximum Gasteiger partial charge on any atom is 0.0461 e. The van der Waals surface area contributed by atoms with Crippen LogP contribution in [-0.2, 0) is 13.0 Å². The van der Waals surface area contributed by atoms with E-state index in [1.165, 1.54) is 11.1 Å². The van der Waals surface area contributed by atoms with E-state index in [2.05, 4.69) is 40.0 Å². The topological polar surface area (TPSA) is 29.3 Å². The molecular formula is C10H13BrN2. The van der Waals surface area contributed by atoms with Gasteiger partial charge in [0.15, 0.2) is 0 Å². The summed E-state index contributed by atoms with van der Waals surface area (Å²) >= 11 is 3.45. The average molecular weight is 241 g/mol. The minimum atomic E-state index is 0.842. The Labute approximate surface area is 86.9 Å². The summed E-state index contributed by atoms with van der Waals surface area (Å²) in [5, 5.41) is 0. The summed E-state index contributed by atoms with van der Waals surface area (Å²) in [7, 11) is 2.14. The molecule has 3 heteroatoms. The Balaban J connectivity index is 2.43. The maximum atomic E-state index is 5.82. The first-order valence-corrected chi connectivity index (χ1v) is 5.21. The molecule has 0 saturated carbocycles. The van der Waals surface area contributed by atoms with E-state index in [1.54, 1.807) is 0 Å². The zero-order chi connectivity index (χ0) is 9.42. The van der Waals surface area contributed by atoms with Gasteiger partial charge < -0.3 is 10.6 Å². The fourth-order valence-corrected chi connectivity index (χ4v) is 2.13. The van der Waals surface area contributed by atoms with Crippen LogP contribution in [-0.4, -0.2) is 18.5 Å². The van der Waals surface area contributed by atoms with Crippen molar-refractivity contribution in [1.82, 2.24) is 4.90 Å². The molecule has 70 valence electrons. The van der Waals surface area contributed by atoms with Gasteiger partial charge in [-0.15, -0.1) is 0 Å². The second-order valence-corrected chi connectivity index (χ2v) is 4.48. The van der Waals surface area contributed by atoms with E-state index in [0.717, 1.165) is 29.7 Å². The molecule has 13 heavy (non-hydrogen) atoms. The third-order valence-electron chi connectivity index (χ3n) is 2.52. The lowest BCUT2D eigenvalue weighted by Gasteiger charge is -2.25. The van der Waals surface area contributed by atoms with Gasteiger partial charge in [0.2, 0.25) is 0 Å². The zero-order valence-electron chi connectivity index (χ0n) is 7.68. The SMILES string of the molecule is CN1CCc2cc(Br)c(N)cc2C1. The molecule has 0 bridgehead atoms. The van der Waals surface area contributed by atoms with E-state index in [4.69, 9.17) is 5.73 Å². The summed E-state index contributed by atoms with van der Waals surface area (Å²) in [5.41, 5.74) is 9.47. The Morgan fingerprint density at radius 2 is 2.15 bits per heavy atom. The van der Waals surface area contributed by atoms with Crippen molar-refractivity contribution in [3.05, 3.63) is 27.7 Å². The molecule has 0 amide bonds. The van der Waals surface area contributed by atoms with Crippen LogP contribution in [0.5, 0.6) is 0 Å². The van der Waals surface area contributed by atoms with E-state index in [0.29, 0.717) is 0 Å². The zero-order valence-corrected chi connectivity index (χ0v) is 9.26. The van der Waals surface area contributed by atoms with Crippen LogP contribution in [0.4, 0.5) is 5.69 Å². The highest BCUT2D eigenvalue weighted by Gasteiger charge is 2.14. The van der Waals surface area contributed by atoms with Gasteiger partial charge in [-0.3, -0.25) is 0 Å². The van der Waals surface area contributed by atoms with Gasteiger partial charge in [0.25, 0.3) is 0 Å². The van der Waals surface area contributed by atoms with E-state index in [1.807, 2.05) is 0 Å². The number of nitrogens with zero attached hydrogens (tertiary/aromatic N) is 1. The van der Waals surface area contributed by atoms with E-state index >= 15 is 0 Å². The number of benzene rings is 1. The van der Waals surface area contributed by atoms with Crippen LogP contribution in [0.3, 0.4) is 0 Å². The molecule has 1 aromatic carbocycles. The number of fused-ring (bicyclic) bond motifs is 1. The molecule has 2 N–H and O–H groups in total. The van der Waals surface area contributed by atoms with Gasteiger partial charge in [0.05, 0.1) is 0 Å². The molecule has 0 radical (unpaired) electrons. The standard InChI is InChI=1S/C10H13BrN2/c1-13-3-2-7-4-9(11)10(12)5-8(7)6-13/h4-5H,2-3,6,12H2,1H3. The molecule has 0 fully saturated rings.